The van der Waals surface area contributed by atoms with Gasteiger partial charge >= 0.3 is 0 Å². The number of hydrogen-bond acceptors (Lipinski definition) is 3. The lowest BCUT2D eigenvalue weighted by atomic mass is 10.1. The molecular formula is C13H16Br2N2O2. The van der Waals surface area contributed by atoms with E-state index >= 15 is 0 Å². The van der Waals surface area contributed by atoms with Crippen molar-refractivity contribution >= 4 is 38.8 Å². The van der Waals surface area contributed by atoms with E-state index in [1.807, 2.05) is 12.1 Å². The molecule has 19 heavy (non-hydrogen) atoms. The van der Waals surface area contributed by atoms with Crippen LogP contribution in [0, 0.1) is 5.92 Å². The Morgan fingerprint density at radius 1 is 1.47 bits per heavy atom. The van der Waals surface area contributed by atoms with Crippen LogP contribution in [0.2, 0.25) is 0 Å². The number of amides is 1. The lowest BCUT2D eigenvalue weighted by Gasteiger charge is -2.24. The summed E-state index contributed by atoms with van der Waals surface area (Å²) in [6, 6.07) is 6.00. The molecule has 1 aromatic carbocycles. The molecule has 4 nitrogen and oxygen atoms in total. The van der Waals surface area contributed by atoms with Gasteiger partial charge in [0.2, 0.25) is 0 Å². The smallest absolute Gasteiger partial charge is 0.252 e. The highest BCUT2D eigenvalue weighted by molar-refractivity contribution is 9.10. The topological polar surface area (TPSA) is 64.4 Å². The number of fused-ring (bicyclic) bond motifs is 1. The highest BCUT2D eigenvalue weighted by atomic mass is 79.9. The van der Waals surface area contributed by atoms with Crippen LogP contribution in [0.3, 0.4) is 0 Å². The minimum absolute atomic E-state index is 0. The van der Waals surface area contributed by atoms with E-state index in [-0.39, 0.29) is 23.1 Å². The second kappa shape index (κ2) is 5.81. The molecule has 3 rings (SSSR count). The molecule has 3 unspecified atom stereocenters. The number of nitrogens with two attached hydrogens (primary N) is 1. The molecule has 1 aromatic rings. The summed E-state index contributed by atoms with van der Waals surface area (Å²) in [5.74, 6) is 0.735. The van der Waals surface area contributed by atoms with Crippen LogP contribution in [0.25, 0.3) is 0 Å². The van der Waals surface area contributed by atoms with Crippen molar-refractivity contribution in [3.8, 4) is 5.75 Å². The summed E-state index contributed by atoms with van der Waals surface area (Å²) in [7, 11) is 0. The monoisotopic (exact) mass is 390 g/mol. The number of ether oxygens (including phenoxy) is 1. The van der Waals surface area contributed by atoms with E-state index in [0.29, 0.717) is 23.3 Å². The Labute approximate surface area is 131 Å². The van der Waals surface area contributed by atoms with Crippen molar-refractivity contribution in [2.24, 2.45) is 11.7 Å². The van der Waals surface area contributed by atoms with Gasteiger partial charge in [-0.3, -0.25) is 4.79 Å². The summed E-state index contributed by atoms with van der Waals surface area (Å²) in [5, 5.41) is 3.44. The number of carbonyl (C=O) groups excluding carboxylic acids is 1. The summed E-state index contributed by atoms with van der Waals surface area (Å²) < 4.78 is 6.83. The second-order valence-corrected chi connectivity index (χ2v) is 5.83. The first-order valence-electron chi connectivity index (χ1n) is 6.14. The van der Waals surface area contributed by atoms with E-state index in [9.17, 15) is 4.79 Å². The largest absolute Gasteiger partial charge is 0.489 e. The van der Waals surface area contributed by atoms with Gasteiger partial charge in [0, 0.05) is 16.4 Å². The first-order chi connectivity index (χ1) is 8.65. The number of primary amides is 1. The first kappa shape index (κ1) is 14.8. The second-order valence-electron chi connectivity index (χ2n) is 4.91. The molecule has 0 radical (unpaired) electrons. The van der Waals surface area contributed by atoms with E-state index in [0.717, 1.165) is 17.4 Å². The maximum absolute atomic E-state index is 11.4. The molecule has 2 fully saturated rings. The zero-order valence-electron chi connectivity index (χ0n) is 10.3. The molecule has 1 aliphatic carbocycles. The molecule has 3 atom stereocenters. The number of rotatable bonds is 3. The molecule has 2 aliphatic rings. The van der Waals surface area contributed by atoms with Crippen LogP contribution in [0.5, 0.6) is 5.75 Å². The SMILES string of the molecule is Br.NC(=O)c1cc(Br)ccc1OC1CCNC2CC21. The van der Waals surface area contributed by atoms with E-state index in [1.165, 1.54) is 6.42 Å². The quantitative estimate of drug-likeness (QED) is 0.830. The Morgan fingerprint density at radius 3 is 3.00 bits per heavy atom. The van der Waals surface area contributed by atoms with Gasteiger partial charge in [-0.15, -0.1) is 17.0 Å². The molecule has 0 aromatic heterocycles. The fourth-order valence-electron chi connectivity index (χ4n) is 2.59. The van der Waals surface area contributed by atoms with Crippen LogP contribution in [0.15, 0.2) is 22.7 Å². The Hall–Kier alpha value is -0.590. The van der Waals surface area contributed by atoms with Gasteiger partial charge in [0.15, 0.2) is 0 Å². The average Bonchev–Trinajstić information content (AvgIpc) is 3.11. The van der Waals surface area contributed by atoms with Gasteiger partial charge in [0.1, 0.15) is 11.9 Å². The lowest BCUT2D eigenvalue weighted by Crippen LogP contribution is -2.36. The van der Waals surface area contributed by atoms with Crippen molar-refractivity contribution in [1.82, 2.24) is 5.32 Å². The number of carbonyl (C=O) groups is 1. The van der Waals surface area contributed by atoms with Crippen LogP contribution in [0.4, 0.5) is 0 Å². The van der Waals surface area contributed by atoms with E-state index in [1.54, 1.807) is 6.07 Å². The third kappa shape index (κ3) is 3.12. The molecule has 1 saturated heterocycles. The number of piperidine rings is 1. The summed E-state index contributed by atoms with van der Waals surface area (Å²) in [4.78, 5) is 11.4. The highest BCUT2D eigenvalue weighted by Gasteiger charge is 2.46. The number of nitrogens with one attached hydrogen (secondary N) is 1. The van der Waals surface area contributed by atoms with Crippen molar-refractivity contribution in [1.29, 1.82) is 0 Å². The van der Waals surface area contributed by atoms with Gasteiger partial charge in [-0.05, 0) is 37.6 Å². The Kier molecular flexibility index (Phi) is 4.53. The van der Waals surface area contributed by atoms with E-state index in [4.69, 9.17) is 10.5 Å². The maximum atomic E-state index is 11.4. The minimum Gasteiger partial charge on any atom is -0.489 e. The molecule has 6 heteroatoms. The number of benzene rings is 1. The van der Waals surface area contributed by atoms with Crippen LogP contribution in [0.1, 0.15) is 23.2 Å². The van der Waals surface area contributed by atoms with Gasteiger partial charge < -0.3 is 15.8 Å². The van der Waals surface area contributed by atoms with Crippen molar-refractivity contribution < 1.29 is 9.53 Å². The fourth-order valence-corrected chi connectivity index (χ4v) is 2.95. The van der Waals surface area contributed by atoms with Crippen LogP contribution >= 0.6 is 32.9 Å². The molecule has 0 bridgehead atoms. The minimum atomic E-state index is -0.451. The molecule has 1 saturated carbocycles. The van der Waals surface area contributed by atoms with Gasteiger partial charge in [-0.2, -0.15) is 0 Å². The predicted molar refractivity (Wildman–Crippen MR) is 81.9 cm³/mol. The van der Waals surface area contributed by atoms with Crippen molar-refractivity contribution in [3.05, 3.63) is 28.2 Å². The van der Waals surface area contributed by atoms with Crippen molar-refractivity contribution in [3.63, 3.8) is 0 Å². The fraction of sp³-hybridized carbons (Fsp3) is 0.462. The van der Waals surface area contributed by atoms with Gasteiger partial charge in [-0.1, -0.05) is 15.9 Å². The maximum Gasteiger partial charge on any atom is 0.252 e. The Balaban J connectivity index is 0.00000133. The molecule has 1 heterocycles. The number of hydrogen-bond donors (Lipinski definition) is 2. The summed E-state index contributed by atoms with van der Waals surface area (Å²) in [6.07, 6.45) is 2.36. The summed E-state index contributed by atoms with van der Waals surface area (Å²) in [6.45, 7) is 0.980. The number of halogens is 2. The molecule has 1 amide bonds. The van der Waals surface area contributed by atoms with Crippen molar-refractivity contribution in [2.45, 2.75) is 25.0 Å². The zero-order valence-corrected chi connectivity index (χ0v) is 13.6. The standard InChI is InChI=1S/C13H15BrN2O2.BrH/c14-7-1-2-11(9(5-7)13(15)17)18-12-3-4-16-10-6-8(10)12;/h1-2,5,8,10,12,16H,3-4,6H2,(H2,15,17);1H. The third-order valence-corrected chi connectivity index (χ3v) is 4.13. The first-order valence-corrected chi connectivity index (χ1v) is 6.94. The third-order valence-electron chi connectivity index (χ3n) is 3.64. The zero-order chi connectivity index (χ0) is 12.7. The summed E-state index contributed by atoms with van der Waals surface area (Å²) >= 11 is 3.34. The van der Waals surface area contributed by atoms with Gasteiger partial charge in [0.05, 0.1) is 5.56 Å². The van der Waals surface area contributed by atoms with Crippen molar-refractivity contribution in [2.75, 3.05) is 6.54 Å². The van der Waals surface area contributed by atoms with E-state index in [2.05, 4.69) is 21.2 Å². The average molecular weight is 392 g/mol. The molecule has 3 N–H and O–H groups in total. The Bertz CT molecular complexity index is 496. The summed E-state index contributed by atoms with van der Waals surface area (Å²) in [5.41, 5.74) is 5.83. The van der Waals surface area contributed by atoms with Crippen LogP contribution in [-0.2, 0) is 0 Å². The molecule has 104 valence electrons. The van der Waals surface area contributed by atoms with Crippen LogP contribution < -0.4 is 15.8 Å². The Morgan fingerprint density at radius 2 is 2.26 bits per heavy atom. The normalized spacial score (nSPS) is 27.9. The van der Waals surface area contributed by atoms with Gasteiger partial charge in [0.25, 0.3) is 5.91 Å². The van der Waals surface area contributed by atoms with Crippen LogP contribution in [-0.4, -0.2) is 24.6 Å². The lowest BCUT2D eigenvalue weighted by molar-refractivity contribution is 0.0986. The predicted octanol–water partition coefficient (Wildman–Crippen LogP) is 2.26. The van der Waals surface area contributed by atoms with Gasteiger partial charge in [-0.25, -0.2) is 0 Å². The highest BCUT2D eigenvalue weighted by Crippen LogP contribution is 2.40. The van der Waals surface area contributed by atoms with E-state index < -0.39 is 5.91 Å². The molecular weight excluding hydrogens is 376 g/mol. The molecule has 1 aliphatic heterocycles. The molecule has 0 spiro atoms.